The minimum absolute atomic E-state index is 0.0875. The molecule has 6 nitrogen and oxygen atoms in total. The maximum Gasteiger partial charge on any atom is 0.306 e. The summed E-state index contributed by atoms with van der Waals surface area (Å²) in [6.45, 7) is 6.53. The van der Waals surface area contributed by atoms with Gasteiger partial charge < -0.3 is 14.2 Å². The van der Waals surface area contributed by atoms with E-state index in [0.717, 1.165) is 89.9 Å². The quantitative estimate of drug-likeness (QED) is 0.0261. The Morgan fingerprint density at radius 3 is 0.771 bits per heavy atom. The lowest BCUT2D eigenvalue weighted by atomic mass is 10.0. The van der Waals surface area contributed by atoms with Crippen LogP contribution in [0.2, 0.25) is 0 Å². The summed E-state index contributed by atoms with van der Waals surface area (Å²) in [4.78, 5) is 38.5. The van der Waals surface area contributed by atoms with Gasteiger partial charge in [-0.05, 0) is 116 Å². The van der Waals surface area contributed by atoms with Crippen LogP contribution in [0.25, 0.3) is 0 Å². The number of esters is 3. The molecule has 0 aliphatic carbocycles. The molecule has 0 aromatic rings. The van der Waals surface area contributed by atoms with E-state index in [-0.39, 0.29) is 31.1 Å². The van der Waals surface area contributed by atoms with Gasteiger partial charge in [-0.1, -0.05) is 318 Å². The molecule has 0 amide bonds. The van der Waals surface area contributed by atoms with E-state index in [1.807, 2.05) is 0 Å². The largest absolute Gasteiger partial charge is 0.462 e. The normalized spacial score (nSPS) is 12.6. The van der Waals surface area contributed by atoms with Crippen molar-refractivity contribution in [1.29, 1.82) is 0 Å². The Hall–Kier alpha value is -3.41. The minimum Gasteiger partial charge on any atom is -0.462 e. The zero-order valence-corrected chi connectivity index (χ0v) is 55.2. The molecule has 0 spiro atoms. The van der Waals surface area contributed by atoms with Crippen molar-refractivity contribution in [1.82, 2.24) is 0 Å². The zero-order chi connectivity index (χ0) is 59.9. The van der Waals surface area contributed by atoms with Crippen LogP contribution in [0, 0.1) is 0 Å². The molecular weight excluding hydrogens is 1020 g/mol. The molecule has 1 unspecified atom stereocenters. The van der Waals surface area contributed by atoms with Gasteiger partial charge in [-0.15, -0.1) is 0 Å². The fraction of sp³-hybridized carbons (Fsp3) is 0.779. The average Bonchev–Trinajstić information content (AvgIpc) is 3.49. The summed E-state index contributed by atoms with van der Waals surface area (Å²) in [5, 5.41) is 0. The lowest BCUT2D eigenvalue weighted by molar-refractivity contribution is -0.167. The summed E-state index contributed by atoms with van der Waals surface area (Å²) in [6, 6.07) is 0. The molecular formula is C77H136O6. The van der Waals surface area contributed by atoms with Crippen LogP contribution >= 0.6 is 0 Å². The van der Waals surface area contributed by atoms with E-state index >= 15 is 0 Å². The van der Waals surface area contributed by atoms with E-state index in [0.29, 0.717) is 19.3 Å². The highest BCUT2D eigenvalue weighted by Gasteiger charge is 2.19. The monoisotopic (exact) mass is 1160 g/mol. The van der Waals surface area contributed by atoms with Crippen LogP contribution in [0.1, 0.15) is 367 Å². The third-order valence-corrected chi connectivity index (χ3v) is 15.9. The van der Waals surface area contributed by atoms with Crippen LogP contribution in [0.4, 0.5) is 0 Å². The van der Waals surface area contributed by atoms with Gasteiger partial charge in [0.1, 0.15) is 13.2 Å². The Bertz CT molecular complexity index is 1570. The highest BCUT2D eigenvalue weighted by atomic mass is 16.6. The van der Waals surface area contributed by atoms with Crippen molar-refractivity contribution in [2.45, 2.75) is 374 Å². The lowest BCUT2D eigenvalue weighted by Crippen LogP contribution is -2.30. The highest BCUT2D eigenvalue weighted by Crippen LogP contribution is 2.18. The number of rotatable bonds is 66. The zero-order valence-electron chi connectivity index (χ0n) is 55.2. The van der Waals surface area contributed by atoms with Crippen LogP contribution in [0.15, 0.2) is 85.1 Å². The first-order valence-corrected chi connectivity index (χ1v) is 36.1. The molecule has 0 saturated heterocycles. The molecule has 0 rings (SSSR count). The van der Waals surface area contributed by atoms with Crippen LogP contribution in [0.3, 0.4) is 0 Å². The third kappa shape index (κ3) is 69.3. The number of allylic oxidation sites excluding steroid dienone is 14. The van der Waals surface area contributed by atoms with Gasteiger partial charge in [0, 0.05) is 19.3 Å². The molecule has 6 heteroatoms. The maximum atomic E-state index is 13.0. The highest BCUT2D eigenvalue weighted by molar-refractivity contribution is 5.71. The molecule has 1 atom stereocenters. The van der Waals surface area contributed by atoms with Crippen LogP contribution in [0.5, 0.6) is 0 Å². The summed E-state index contributed by atoms with van der Waals surface area (Å²) in [6.07, 6.45) is 94.8. The number of hydrogen-bond acceptors (Lipinski definition) is 6. The first kappa shape index (κ1) is 79.6. The summed E-state index contributed by atoms with van der Waals surface area (Å²) in [5.74, 6) is -0.913. The van der Waals surface area contributed by atoms with Crippen molar-refractivity contribution < 1.29 is 28.6 Å². The number of unbranched alkanes of at least 4 members (excludes halogenated alkanes) is 41. The molecule has 0 fully saturated rings. The fourth-order valence-corrected chi connectivity index (χ4v) is 10.5. The summed E-state index contributed by atoms with van der Waals surface area (Å²) < 4.78 is 17.0. The van der Waals surface area contributed by atoms with Crippen LogP contribution in [-0.2, 0) is 28.6 Å². The molecule has 83 heavy (non-hydrogen) atoms. The summed E-state index contributed by atoms with van der Waals surface area (Å²) >= 11 is 0. The predicted molar refractivity (Wildman–Crippen MR) is 362 cm³/mol. The van der Waals surface area contributed by atoms with Gasteiger partial charge >= 0.3 is 17.9 Å². The number of carbonyl (C=O) groups is 3. The molecule has 480 valence electrons. The minimum atomic E-state index is -0.796. The molecule has 0 aliphatic heterocycles. The molecule has 0 saturated carbocycles. The van der Waals surface area contributed by atoms with Gasteiger partial charge in [-0.3, -0.25) is 14.4 Å². The second kappa shape index (κ2) is 71.1. The molecule has 0 aromatic carbocycles. The Morgan fingerprint density at radius 2 is 0.470 bits per heavy atom. The Kier molecular flexibility index (Phi) is 68.2. The van der Waals surface area contributed by atoms with Gasteiger partial charge in [0.05, 0.1) is 0 Å². The second-order valence-electron chi connectivity index (χ2n) is 24.1. The van der Waals surface area contributed by atoms with E-state index in [9.17, 15) is 14.4 Å². The van der Waals surface area contributed by atoms with Gasteiger partial charge in [0.15, 0.2) is 6.10 Å². The fourth-order valence-electron chi connectivity index (χ4n) is 10.5. The third-order valence-electron chi connectivity index (χ3n) is 15.9. The average molecular weight is 1160 g/mol. The van der Waals surface area contributed by atoms with Gasteiger partial charge in [0.2, 0.25) is 0 Å². The van der Waals surface area contributed by atoms with Crippen molar-refractivity contribution in [2.24, 2.45) is 0 Å². The summed E-state index contributed by atoms with van der Waals surface area (Å²) in [7, 11) is 0. The molecule has 0 aromatic heterocycles. The lowest BCUT2D eigenvalue weighted by Gasteiger charge is -2.18. The Balaban J connectivity index is 4.31. The smallest absolute Gasteiger partial charge is 0.306 e. The second-order valence-corrected chi connectivity index (χ2v) is 24.1. The predicted octanol–water partition coefficient (Wildman–Crippen LogP) is 25.0. The van der Waals surface area contributed by atoms with Crippen LogP contribution < -0.4 is 0 Å². The van der Waals surface area contributed by atoms with Crippen molar-refractivity contribution in [3.63, 3.8) is 0 Å². The number of ether oxygens (including phenoxy) is 3. The molecule has 0 radical (unpaired) electrons. The molecule has 0 aliphatic rings. The number of hydrogen-bond donors (Lipinski definition) is 0. The van der Waals surface area contributed by atoms with Gasteiger partial charge in [-0.2, -0.15) is 0 Å². The van der Waals surface area contributed by atoms with Crippen molar-refractivity contribution >= 4 is 17.9 Å². The van der Waals surface area contributed by atoms with E-state index in [1.54, 1.807) is 0 Å². The van der Waals surface area contributed by atoms with Gasteiger partial charge in [0.25, 0.3) is 0 Å². The SMILES string of the molecule is CC/C=C\C/C=C\C/C=C\C/C=C\CCCCC(=O)OCC(COC(=O)CCCCCCCCCCCCCCCCC/C=C\C/C=C\CCCCCCC)OC(=O)CCCCCCCCCCCCC/C=C\CCCCCCCCCC. The van der Waals surface area contributed by atoms with E-state index in [1.165, 1.54) is 238 Å². The Morgan fingerprint density at radius 1 is 0.253 bits per heavy atom. The first-order chi connectivity index (χ1) is 41.0. The first-order valence-electron chi connectivity index (χ1n) is 36.1. The van der Waals surface area contributed by atoms with Crippen molar-refractivity contribution in [3.05, 3.63) is 85.1 Å². The van der Waals surface area contributed by atoms with Crippen molar-refractivity contribution in [3.8, 4) is 0 Å². The van der Waals surface area contributed by atoms with E-state index in [4.69, 9.17) is 14.2 Å². The van der Waals surface area contributed by atoms with E-state index < -0.39 is 6.10 Å². The summed E-state index contributed by atoms with van der Waals surface area (Å²) in [5.41, 5.74) is 0. The molecule has 0 heterocycles. The standard InChI is InChI=1S/C77H136O6/c1-4-7-10-13-16-19-22-25-28-30-32-34-36-37-38-39-41-42-44-46-49-52-55-58-61-64-67-70-76(79)82-73-74(72-81-75(78)69-66-63-60-57-54-51-48-27-24-21-18-15-12-9-6-3)83-77(80)71-68-65-62-59-56-53-50-47-45-43-40-35-33-31-29-26-23-20-17-14-11-8-5-2/h9,12,18,21-22,25,27,30-33,48,54,57,74H,4-8,10-11,13-17,19-20,23-24,26,28-29,34-47,49-53,55-56,58-73H2,1-3H3/b12-9-,21-18-,25-22-,32-30-,33-31-,48-27-,57-54-. The van der Waals surface area contributed by atoms with E-state index in [2.05, 4.69) is 106 Å². The topological polar surface area (TPSA) is 78.9 Å². The molecule has 0 N–H and O–H groups in total. The maximum absolute atomic E-state index is 13.0. The molecule has 0 bridgehead atoms. The number of carbonyl (C=O) groups excluding carboxylic acids is 3. The Labute approximate surface area is 515 Å². The van der Waals surface area contributed by atoms with Crippen LogP contribution in [-0.4, -0.2) is 37.2 Å². The van der Waals surface area contributed by atoms with Crippen molar-refractivity contribution in [2.75, 3.05) is 13.2 Å². The van der Waals surface area contributed by atoms with Gasteiger partial charge in [-0.25, -0.2) is 0 Å².